The molecular weight excluding hydrogens is 444 g/mol. The van der Waals surface area contributed by atoms with Crippen LogP contribution in [0.3, 0.4) is 0 Å². The normalized spacial score (nSPS) is 13.7. The second-order valence-corrected chi connectivity index (χ2v) is 9.01. The Kier molecular flexibility index (Phi) is 5.43. The quantitative estimate of drug-likeness (QED) is 0.361. The van der Waals surface area contributed by atoms with Crippen LogP contribution >= 0.6 is 39.0 Å². The van der Waals surface area contributed by atoms with Crippen molar-refractivity contribution in [3.8, 4) is 6.07 Å². The van der Waals surface area contributed by atoms with Gasteiger partial charge in [0, 0.05) is 22.8 Å². The van der Waals surface area contributed by atoms with E-state index < -0.39 is 0 Å². The fourth-order valence-corrected chi connectivity index (χ4v) is 5.44. The van der Waals surface area contributed by atoms with Gasteiger partial charge in [0.2, 0.25) is 0 Å². The van der Waals surface area contributed by atoms with Crippen molar-refractivity contribution in [1.82, 2.24) is 9.97 Å². The molecule has 0 spiro atoms. The van der Waals surface area contributed by atoms with Crippen molar-refractivity contribution in [2.24, 2.45) is 4.99 Å². The summed E-state index contributed by atoms with van der Waals surface area (Å²) in [5, 5.41) is 11.6. The second-order valence-electron chi connectivity index (χ2n) is 6.13. The summed E-state index contributed by atoms with van der Waals surface area (Å²) in [7, 11) is 0. The minimum absolute atomic E-state index is 0.618. The molecule has 3 aromatic heterocycles. The van der Waals surface area contributed by atoms with Gasteiger partial charge in [-0.15, -0.1) is 11.3 Å². The van der Waals surface area contributed by atoms with Gasteiger partial charge >= 0.3 is 0 Å². The highest BCUT2D eigenvalue weighted by Gasteiger charge is 2.20. The summed E-state index contributed by atoms with van der Waals surface area (Å²) >= 11 is 6.49. The number of furan rings is 1. The van der Waals surface area contributed by atoms with Crippen LogP contribution in [0.15, 0.2) is 42.5 Å². The molecule has 27 heavy (non-hydrogen) atoms. The fraction of sp³-hybridized carbons (Fsp3) is 0.263. The predicted molar refractivity (Wildman–Crippen MR) is 110 cm³/mol. The smallest absolute Gasteiger partial charge is 0.195 e. The molecule has 0 radical (unpaired) electrons. The van der Waals surface area contributed by atoms with Crippen LogP contribution in [0.25, 0.3) is 0 Å². The average molecular weight is 459 g/mol. The van der Waals surface area contributed by atoms with Crippen molar-refractivity contribution in [1.29, 1.82) is 5.26 Å². The molecule has 0 atom stereocenters. The molecule has 1 aliphatic carbocycles. The Bertz CT molecular complexity index is 1060. The maximum Gasteiger partial charge on any atom is 0.195 e. The number of aryl methyl sites for hydroxylation is 2. The Morgan fingerprint density at radius 3 is 3.07 bits per heavy atom. The molecule has 4 rings (SSSR count). The monoisotopic (exact) mass is 458 g/mol. The third kappa shape index (κ3) is 4.00. The molecule has 0 saturated carbocycles. The van der Waals surface area contributed by atoms with Crippen molar-refractivity contribution in [3.05, 3.63) is 50.3 Å². The minimum atomic E-state index is 0.618. The summed E-state index contributed by atoms with van der Waals surface area (Å²) in [6.07, 6.45) is 7.76. The van der Waals surface area contributed by atoms with Crippen LogP contribution in [-0.2, 0) is 12.8 Å². The van der Waals surface area contributed by atoms with E-state index in [0.29, 0.717) is 16.0 Å². The maximum absolute atomic E-state index is 9.53. The van der Waals surface area contributed by atoms with E-state index in [9.17, 15) is 5.26 Å². The Morgan fingerprint density at radius 2 is 2.26 bits per heavy atom. The van der Waals surface area contributed by atoms with Crippen LogP contribution in [0.2, 0.25) is 0 Å². The van der Waals surface area contributed by atoms with Crippen molar-refractivity contribution in [3.63, 3.8) is 0 Å². The maximum atomic E-state index is 9.53. The molecule has 5 nitrogen and oxygen atoms in total. The number of fused-ring (bicyclic) bond motifs is 1. The van der Waals surface area contributed by atoms with E-state index in [1.54, 1.807) is 23.7 Å². The molecule has 8 heteroatoms. The highest BCUT2D eigenvalue weighted by atomic mass is 79.9. The van der Waals surface area contributed by atoms with Gasteiger partial charge < -0.3 is 4.42 Å². The lowest BCUT2D eigenvalue weighted by Crippen LogP contribution is -1.99. The van der Waals surface area contributed by atoms with Crippen LogP contribution in [0.4, 0.5) is 5.00 Å². The van der Waals surface area contributed by atoms with Gasteiger partial charge in [-0.05, 0) is 71.9 Å². The topological polar surface area (TPSA) is 75.1 Å². The minimum Gasteiger partial charge on any atom is -0.447 e. The molecular formula is C19H15BrN4OS2. The summed E-state index contributed by atoms with van der Waals surface area (Å²) < 4.78 is 6.69. The van der Waals surface area contributed by atoms with Gasteiger partial charge in [-0.25, -0.2) is 15.0 Å². The van der Waals surface area contributed by atoms with Gasteiger partial charge in [-0.2, -0.15) is 5.26 Å². The number of aromatic nitrogens is 2. The second kappa shape index (κ2) is 7.97. The highest BCUT2D eigenvalue weighted by Crippen LogP contribution is 2.39. The van der Waals surface area contributed by atoms with Gasteiger partial charge in [0.25, 0.3) is 0 Å². The largest absolute Gasteiger partial charge is 0.447 e. The Balaban J connectivity index is 1.57. The molecule has 0 aromatic carbocycles. The zero-order valence-electron chi connectivity index (χ0n) is 14.5. The third-order valence-corrected chi connectivity index (χ3v) is 7.12. The van der Waals surface area contributed by atoms with E-state index in [2.05, 4.69) is 37.0 Å². The molecule has 1 aliphatic rings. The zero-order valence-corrected chi connectivity index (χ0v) is 17.7. The van der Waals surface area contributed by atoms with Crippen LogP contribution in [0, 0.1) is 18.3 Å². The molecule has 136 valence electrons. The first-order chi connectivity index (χ1) is 13.1. The molecule has 0 bridgehead atoms. The van der Waals surface area contributed by atoms with Crippen LogP contribution in [0.5, 0.6) is 0 Å². The molecule has 0 N–H and O–H groups in total. The number of halogens is 1. The van der Waals surface area contributed by atoms with Gasteiger partial charge in [0.1, 0.15) is 16.8 Å². The third-order valence-electron chi connectivity index (χ3n) is 4.20. The number of hydrogen-bond donors (Lipinski definition) is 0. The molecule has 0 amide bonds. The Morgan fingerprint density at radius 1 is 1.41 bits per heavy atom. The fourth-order valence-electron chi connectivity index (χ4n) is 2.94. The van der Waals surface area contributed by atoms with Crippen molar-refractivity contribution < 1.29 is 4.42 Å². The lowest BCUT2D eigenvalue weighted by atomic mass is 9.96. The average Bonchev–Trinajstić information content (AvgIpc) is 3.19. The molecule has 0 fully saturated rings. The number of nitriles is 1. The Hall–Kier alpha value is -1.95. The van der Waals surface area contributed by atoms with E-state index in [1.807, 2.05) is 19.1 Å². The molecule has 3 heterocycles. The van der Waals surface area contributed by atoms with E-state index in [0.717, 1.165) is 40.0 Å². The number of nitrogens with zero attached hydrogens (tertiary/aromatic N) is 4. The van der Waals surface area contributed by atoms with E-state index in [1.165, 1.54) is 28.6 Å². The SMILES string of the molecule is Cc1ccnc(Sc2oc(C=Nc3sc4c(c3C#N)CCCC4)cc2Br)n1. The van der Waals surface area contributed by atoms with Crippen molar-refractivity contribution in [2.45, 2.75) is 42.9 Å². The highest BCUT2D eigenvalue weighted by molar-refractivity contribution is 9.10. The van der Waals surface area contributed by atoms with Crippen LogP contribution in [-0.4, -0.2) is 16.2 Å². The summed E-state index contributed by atoms with van der Waals surface area (Å²) in [4.78, 5) is 14.5. The summed E-state index contributed by atoms with van der Waals surface area (Å²) in [5.74, 6) is 0.618. The summed E-state index contributed by atoms with van der Waals surface area (Å²) in [6, 6.07) is 6.05. The Labute approximate surface area is 173 Å². The standard InChI is InChI=1S/C19H15BrN4OS2/c1-11-6-7-22-19(24-11)27-18-15(20)8-12(25-18)10-23-17-14(9-21)13-4-2-3-5-16(13)26-17/h6-8,10H,2-5H2,1H3. The molecule has 0 unspecified atom stereocenters. The zero-order chi connectivity index (χ0) is 18.8. The van der Waals surface area contributed by atoms with Gasteiger partial charge in [-0.3, -0.25) is 0 Å². The first-order valence-electron chi connectivity index (χ1n) is 8.49. The van der Waals surface area contributed by atoms with Crippen molar-refractivity contribution in [2.75, 3.05) is 0 Å². The van der Waals surface area contributed by atoms with Crippen LogP contribution < -0.4 is 0 Å². The molecule has 0 aliphatic heterocycles. The van der Waals surface area contributed by atoms with Crippen molar-refractivity contribution >= 4 is 50.2 Å². The number of aliphatic imine (C=N–C) groups is 1. The number of rotatable bonds is 4. The summed E-state index contributed by atoms with van der Waals surface area (Å²) in [6.45, 7) is 1.93. The number of hydrogen-bond acceptors (Lipinski definition) is 7. The number of thiophene rings is 1. The van der Waals surface area contributed by atoms with Gasteiger partial charge in [-0.1, -0.05) is 0 Å². The van der Waals surface area contributed by atoms with E-state index in [-0.39, 0.29) is 0 Å². The van der Waals surface area contributed by atoms with Gasteiger partial charge in [0.05, 0.1) is 16.3 Å². The first-order valence-corrected chi connectivity index (χ1v) is 10.9. The van der Waals surface area contributed by atoms with E-state index in [4.69, 9.17) is 4.42 Å². The molecule has 3 aromatic rings. The summed E-state index contributed by atoms with van der Waals surface area (Å²) in [5.41, 5.74) is 2.82. The molecule has 0 saturated heterocycles. The van der Waals surface area contributed by atoms with Crippen LogP contribution in [0.1, 0.15) is 40.3 Å². The lowest BCUT2D eigenvalue weighted by Gasteiger charge is -2.09. The lowest BCUT2D eigenvalue weighted by molar-refractivity contribution is 0.465. The van der Waals surface area contributed by atoms with Gasteiger partial charge in [0.15, 0.2) is 10.2 Å². The first kappa shape index (κ1) is 18.4. The van der Waals surface area contributed by atoms with E-state index >= 15 is 0 Å². The predicted octanol–water partition coefficient (Wildman–Crippen LogP) is 5.85.